The van der Waals surface area contributed by atoms with Crippen LogP contribution in [0.2, 0.25) is 0 Å². The zero-order valence-electron chi connectivity index (χ0n) is 5.56. The predicted octanol–water partition coefficient (Wildman–Crippen LogP) is -0.657. The maximum atomic E-state index is 10.3. The summed E-state index contributed by atoms with van der Waals surface area (Å²) in [5.41, 5.74) is 0. The molecule has 8 heteroatoms. The first kappa shape index (κ1) is 14.3. The van der Waals surface area contributed by atoms with Crippen LogP contribution >= 0.6 is 7.82 Å². The Morgan fingerprint density at radius 1 is 1.67 bits per heavy atom. The van der Waals surface area contributed by atoms with E-state index in [2.05, 4.69) is 11.1 Å². The molecule has 0 aliphatic heterocycles. The second-order valence-electron chi connectivity index (χ2n) is 1.54. The van der Waals surface area contributed by atoms with Gasteiger partial charge >= 0.3 is 32.8 Å². The van der Waals surface area contributed by atoms with E-state index in [-0.39, 0.29) is 25.4 Å². The molecule has 0 aromatic rings. The second-order valence-corrected chi connectivity index (χ2v) is 2.70. The van der Waals surface area contributed by atoms with Crippen molar-refractivity contribution in [3.05, 3.63) is 12.7 Å². The van der Waals surface area contributed by atoms with Gasteiger partial charge in [-0.1, -0.05) is 6.08 Å². The second kappa shape index (κ2) is 6.29. The number of amides is 1. The number of carbonyl (C=O) groups excluding carboxylic acids is 1. The van der Waals surface area contributed by atoms with Crippen LogP contribution in [0.3, 0.4) is 0 Å². The molecule has 12 heavy (non-hydrogen) atoms. The minimum atomic E-state index is -4.71. The zero-order chi connectivity index (χ0) is 8.91. The zero-order valence-corrected chi connectivity index (χ0v) is 6.45. The van der Waals surface area contributed by atoms with Gasteiger partial charge in [-0.2, -0.15) is 0 Å². The van der Waals surface area contributed by atoms with E-state index in [9.17, 15) is 9.36 Å². The first-order valence-electron chi connectivity index (χ1n) is 2.59. The molecule has 1 amide bonds. The van der Waals surface area contributed by atoms with Gasteiger partial charge < -0.3 is 9.84 Å². The summed E-state index contributed by atoms with van der Waals surface area (Å²) in [6.07, 6.45) is 0.180. The van der Waals surface area contributed by atoms with Gasteiger partial charge in [-0.15, -0.1) is 6.58 Å². The van der Waals surface area contributed by atoms with E-state index >= 15 is 0 Å². The topological polar surface area (TPSA) is 95.9 Å². The molecule has 0 fully saturated rings. The van der Waals surface area contributed by atoms with Gasteiger partial charge in [0.2, 0.25) is 0 Å². The molecule has 0 radical (unpaired) electrons. The van der Waals surface area contributed by atoms with Crippen molar-refractivity contribution < 1.29 is 23.7 Å². The summed E-state index contributed by atoms with van der Waals surface area (Å²) in [6.45, 7) is 3.36. The maximum absolute atomic E-state index is 10.3. The molecule has 0 heterocycles. The predicted molar refractivity (Wildman–Crippen MR) is 43.9 cm³/mol. The Labute approximate surface area is 81.4 Å². The van der Waals surface area contributed by atoms with Crippen LogP contribution in [0.5, 0.6) is 0 Å². The molecular weight excluding hydrogens is 180 g/mol. The number of phosphoric ester groups is 1. The molecule has 3 N–H and O–H groups in total. The van der Waals surface area contributed by atoms with Gasteiger partial charge in [-0.25, -0.2) is 9.36 Å². The third-order valence-corrected chi connectivity index (χ3v) is 0.996. The average molecular weight is 189 g/mol. The number of hydrogen-bond donors (Lipinski definition) is 3. The van der Waals surface area contributed by atoms with E-state index < -0.39 is 13.9 Å². The van der Waals surface area contributed by atoms with Crippen LogP contribution in [0.4, 0.5) is 4.79 Å². The molecule has 0 aromatic heterocycles. The summed E-state index contributed by atoms with van der Waals surface area (Å²) in [6, 6.07) is 0. The summed E-state index contributed by atoms with van der Waals surface area (Å²) < 4.78 is 13.6. The van der Waals surface area contributed by atoms with Crippen molar-refractivity contribution in [1.29, 1.82) is 0 Å². The summed E-state index contributed by atoms with van der Waals surface area (Å²) >= 11 is 0. The van der Waals surface area contributed by atoms with Crippen molar-refractivity contribution in [1.82, 2.24) is 5.32 Å². The van der Waals surface area contributed by atoms with Gasteiger partial charge in [0.15, 0.2) is 0 Å². The molecule has 0 aliphatic carbocycles. The van der Waals surface area contributed by atoms with Crippen molar-refractivity contribution in [2.45, 2.75) is 0 Å². The van der Waals surface area contributed by atoms with Crippen LogP contribution in [-0.4, -0.2) is 41.3 Å². The number of phosphoric acid groups is 1. The molecule has 0 rings (SSSR count). The SMILES string of the molecule is C=CCNC(=O)OP(=O)(O)O.[LiH]. The molecule has 6 nitrogen and oxygen atoms in total. The summed E-state index contributed by atoms with van der Waals surface area (Å²) in [7, 11) is -4.71. The fraction of sp³-hybridized carbons (Fsp3) is 0.250. The molecule has 0 unspecified atom stereocenters. The van der Waals surface area contributed by atoms with E-state index in [1.165, 1.54) is 6.08 Å². The van der Waals surface area contributed by atoms with Crippen LogP contribution in [0, 0.1) is 0 Å². The number of rotatable bonds is 3. The van der Waals surface area contributed by atoms with E-state index in [4.69, 9.17) is 9.79 Å². The van der Waals surface area contributed by atoms with Gasteiger partial charge in [0, 0.05) is 6.54 Å². The molecule has 0 aliphatic rings. The first-order valence-corrected chi connectivity index (χ1v) is 4.12. The van der Waals surface area contributed by atoms with Crippen LogP contribution in [-0.2, 0) is 9.09 Å². The monoisotopic (exact) mass is 189 g/mol. The molecule has 0 atom stereocenters. The first-order chi connectivity index (χ1) is 4.95. The Morgan fingerprint density at radius 3 is 2.50 bits per heavy atom. The van der Waals surface area contributed by atoms with E-state index in [1.54, 1.807) is 0 Å². The van der Waals surface area contributed by atoms with Crippen LogP contribution < -0.4 is 5.32 Å². The molecule has 0 spiro atoms. The van der Waals surface area contributed by atoms with Crippen molar-refractivity contribution in [3.63, 3.8) is 0 Å². The molecule has 66 valence electrons. The Kier molecular flexibility index (Phi) is 7.49. The van der Waals surface area contributed by atoms with Gasteiger partial charge in [0.25, 0.3) is 0 Å². The fourth-order valence-corrected chi connectivity index (χ4v) is 0.576. The molecule has 0 aromatic carbocycles. The standard InChI is InChI=1S/C4H8NO5P.Li.H/c1-2-3-5-4(6)10-11(7,8)9;;/h2H,1,3H2,(H,5,6)(H2,7,8,9);;. The van der Waals surface area contributed by atoms with E-state index in [0.717, 1.165) is 0 Å². The Hall–Kier alpha value is -0.243. The summed E-state index contributed by atoms with van der Waals surface area (Å²) in [5.74, 6) is 0. The Bertz CT molecular complexity index is 202. The Morgan fingerprint density at radius 2 is 2.17 bits per heavy atom. The molecule has 0 saturated heterocycles. The molecule has 0 saturated carbocycles. The molecular formula is C4H9LiNO5P. The van der Waals surface area contributed by atoms with Crippen LogP contribution in [0.1, 0.15) is 0 Å². The van der Waals surface area contributed by atoms with Crippen molar-refractivity contribution >= 4 is 32.8 Å². The van der Waals surface area contributed by atoms with Gasteiger partial charge in [-0.05, 0) is 0 Å². The third-order valence-electron chi connectivity index (χ3n) is 0.593. The third kappa shape index (κ3) is 9.76. The number of hydrogen-bond acceptors (Lipinski definition) is 3. The van der Waals surface area contributed by atoms with Crippen molar-refractivity contribution in [2.24, 2.45) is 0 Å². The van der Waals surface area contributed by atoms with E-state index in [0.29, 0.717) is 0 Å². The molecule has 0 bridgehead atoms. The van der Waals surface area contributed by atoms with Crippen molar-refractivity contribution in [2.75, 3.05) is 6.54 Å². The summed E-state index contributed by atoms with van der Waals surface area (Å²) in [4.78, 5) is 26.5. The minimum absolute atomic E-state index is 0. The van der Waals surface area contributed by atoms with Crippen LogP contribution in [0.15, 0.2) is 12.7 Å². The normalized spacial score (nSPS) is 9.50. The van der Waals surface area contributed by atoms with Gasteiger partial charge in [0.05, 0.1) is 0 Å². The van der Waals surface area contributed by atoms with Crippen molar-refractivity contribution in [3.8, 4) is 0 Å². The quantitative estimate of drug-likeness (QED) is 0.311. The fourth-order valence-electron chi connectivity index (χ4n) is 0.296. The van der Waals surface area contributed by atoms with Gasteiger partial charge in [-0.3, -0.25) is 9.79 Å². The number of nitrogens with one attached hydrogen (secondary N) is 1. The number of carbonyl (C=O) groups is 1. The van der Waals surface area contributed by atoms with Crippen LogP contribution in [0.25, 0.3) is 0 Å². The average Bonchev–Trinajstić information content (AvgIpc) is 1.79. The van der Waals surface area contributed by atoms with Gasteiger partial charge in [0.1, 0.15) is 0 Å². The van der Waals surface area contributed by atoms with E-state index in [1.807, 2.05) is 5.32 Å². The summed E-state index contributed by atoms with van der Waals surface area (Å²) in [5, 5.41) is 2.02. The Balaban J connectivity index is 0.